The molecule has 1 saturated carbocycles. The number of ketones is 1. The summed E-state index contributed by atoms with van der Waals surface area (Å²) in [6.45, 7) is 1.77. The number of amides is 2. The highest BCUT2D eigenvalue weighted by Gasteiger charge is 2.21. The van der Waals surface area contributed by atoms with Crippen molar-refractivity contribution in [2.24, 2.45) is 0 Å². The molecule has 0 bridgehead atoms. The number of carbonyl (C=O) groups excluding carboxylic acids is 3. The average Bonchev–Trinajstić information content (AvgIpc) is 2.90. The van der Waals surface area contributed by atoms with Gasteiger partial charge in [-0.1, -0.05) is 79.4 Å². The summed E-state index contributed by atoms with van der Waals surface area (Å²) in [5.41, 5.74) is 2.67. The van der Waals surface area contributed by atoms with Gasteiger partial charge in [-0.05, 0) is 49.6 Å². The molecule has 2 amide bonds. The topological polar surface area (TPSA) is 75.3 Å². The molecule has 0 aromatic heterocycles. The zero-order valence-corrected chi connectivity index (χ0v) is 20.5. The summed E-state index contributed by atoms with van der Waals surface area (Å²) in [7, 11) is 0. The lowest BCUT2D eigenvalue weighted by Crippen LogP contribution is -2.36. The highest BCUT2D eigenvalue weighted by atomic mass is 35.5. The molecular weight excluding hydrogens is 460 g/mol. The minimum absolute atomic E-state index is 0.0974. The molecule has 0 unspecified atom stereocenters. The van der Waals surface area contributed by atoms with E-state index in [0.717, 1.165) is 25.7 Å². The van der Waals surface area contributed by atoms with Crippen LogP contribution >= 0.6 is 11.6 Å². The van der Waals surface area contributed by atoms with E-state index in [2.05, 4.69) is 10.6 Å². The number of benzene rings is 3. The summed E-state index contributed by atoms with van der Waals surface area (Å²) in [6.07, 6.45) is 5.45. The lowest BCUT2D eigenvalue weighted by atomic mass is 9.95. The number of carbonyl (C=O) groups is 3. The fourth-order valence-corrected chi connectivity index (χ4v) is 4.54. The van der Waals surface area contributed by atoms with Crippen molar-refractivity contribution in [2.45, 2.75) is 51.0 Å². The van der Waals surface area contributed by atoms with Crippen molar-refractivity contribution in [1.29, 1.82) is 0 Å². The Morgan fingerprint density at radius 3 is 2.29 bits per heavy atom. The molecule has 4 rings (SSSR count). The van der Waals surface area contributed by atoms with Gasteiger partial charge in [-0.2, -0.15) is 0 Å². The van der Waals surface area contributed by atoms with Crippen LogP contribution in [0.3, 0.4) is 0 Å². The van der Waals surface area contributed by atoms with Gasteiger partial charge in [-0.15, -0.1) is 0 Å². The molecule has 1 atom stereocenters. The monoisotopic (exact) mass is 488 g/mol. The zero-order valence-electron chi connectivity index (χ0n) is 19.7. The molecule has 1 aliphatic rings. The minimum Gasteiger partial charge on any atom is -0.349 e. The molecule has 0 heterocycles. The fraction of sp³-hybridized carbons (Fsp3) is 0.276. The van der Waals surface area contributed by atoms with Crippen LogP contribution < -0.4 is 10.6 Å². The fourth-order valence-electron chi connectivity index (χ4n) is 4.38. The Morgan fingerprint density at radius 2 is 1.54 bits per heavy atom. The minimum atomic E-state index is -0.533. The normalized spacial score (nSPS) is 14.7. The first-order valence-corrected chi connectivity index (χ1v) is 12.4. The van der Waals surface area contributed by atoms with Gasteiger partial charge in [-0.25, -0.2) is 0 Å². The van der Waals surface area contributed by atoms with Crippen LogP contribution in [-0.2, 0) is 4.79 Å². The van der Waals surface area contributed by atoms with Crippen LogP contribution in [0.2, 0.25) is 5.02 Å². The maximum Gasteiger partial charge on any atom is 0.251 e. The Bertz CT molecular complexity index is 1220. The van der Waals surface area contributed by atoms with Crippen LogP contribution in [-0.4, -0.2) is 23.6 Å². The largest absolute Gasteiger partial charge is 0.349 e. The zero-order chi connectivity index (χ0) is 24.8. The molecule has 3 aromatic rings. The van der Waals surface area contributed by atoms with E-state index < -0.39 is 5.92 Å². The quantitative estimate of drug-likeness (QED) is 0.379. The second kappa shape index (κ2) is 11.3. The number of hydrogen-bond donors (Lipinski definition) is 2. The van der Waals surface area contributed by atoms with Crippen LogP contribution in [0.5, 0.6) is 0 Å². The van der Waals surface area contributed by atoms with E-state index in [1.807, 2.05) is 24.3 Å². The molecule has 0 spiro atoms. The standard InChI is InChI=1S/C29H29ClN2O3/c1-19(21-11-8-12-22(17-21)27(33)20-9-4-2-5-10-20)28(34)32-26-18-23(15-16-25(26)30)29(35)31-24-13-6-3-7-14-24/h2,4-5,8-12,15-19,24H,3,6-7,13-14H2,1H3,(H,31,35)(H,32,34)/t19-/m0/s1. The van der Waals surface area contributed by atoms with Gasteiger partial charge in [0.05, 0.1) is 16.6 Å². The maximum atomic E-state index is 13.1. The highest BCUT2D eigenvalue weighted by molar-refractivity contribution is 6.34. The second-order valence-corrected chi connectivity index (χ2v) is 9.44. The molecule has 1 fully saturated rings. The lowest BCUT2D eigenvalue weighted by molar-refractivity contribution is -0.117. The Hall–Kier alpha value is -3.44. The predicted molar refractivity (Wildman–Crippen MR) is 139 cm³/mol. The van der Waals surface area contributed by atoms with Crippen molar-refractivity contribution in [3.63, 3.8) is 0 Å². The third-order valence-corrected chi connectivity index (χ3v) is 6.83. The first-order chi connectivity index (χ1) is 16.9. The molecule has 0 saturated heterocycles. The number of nitrogens with one attached hydrogen (secondary N) is 2. The number of halogens is 1. The Kier molecular flexibility index (Phi) is 7.98. The van der Waals surface area contributed by atoms with E-state index in [1.54, 1.807) is 55.5 Å². The van der Waals surface area contributed by atoms with Crippen molar-refractivity contribution in [2.75, 3.05) is 5.32 Å². The third-order valence-electron chi connectivity index (χ3n) is 6.50. The molecule has 0 radical (unpaired) electrons. The average molecular weight is 489 g/mol. The molecule has 3 aromatic carbocycles. The van der Waals surface area contributed by atoms with Gasteiger partial charge in [0, 0.05) is 22.7 Å². The summed E-state index contributed by atoms with van der Waals surface area (Å²) < 4.78 is 0. The lowest BCUT2D eigenvalue weighted by Gasteiger charge is -2.23. The maximum absolute atomic E-state index is 13.1. The van der Waals surface area contributed by atoms with Gasteiger partial charge >= 0.3 is 0 Å². The Labute approximate surface area is 210 Å². The summed E-state index contributed by atoms with van der Waals surface area (Å²) >= 11 is 6.33. The predicted octanol–water partition coefficient (Wildman–Crippen LogP) is 6.38. The highest BCUT2D eigenvalue weighted by Crippen LogP contribution is 2.27. The Morgan fingerprint density at radius 1 is 0.829 bits per heavy atom. The van der Waals surface area contributed by atoms with Crippen molar-refractivity contribution < 1.29 is 14.4 Å². The van der Waals surface area contributed by atoms with E-state index in [4.69, 9.17) is 11.6 Å². The van der Waals surface area contributed by atoms with Gasteiger partial charge < -0.3 is 10.6 Å². The molecule has 180 valence electrons. The van der Waals surface area contributed by atoms with Crippen molar-refractivity contribution in [3.8, 4) is 0 Å². The second-order valence-electron chi connectivity index (χ2n) is 9.03. The van der Waals surface area contributed by atoms with Gasteiger partial charge in [-0.3, -0.25) is 14.4 Å². The van der Waals surface area contributed by atoms with Crippen molar-refractivity contribution in [1.82, 2.24) is 5.32 Å². The van der Waals surface area contributed by atoms with Gasteiger partial charge in [0.25, 0.3) is 5.91 Å². The van der Waals surface area contributed by atoms with E-state index in [0.29, 0.717) is 33.0 Å². The van der Waals surface area contributed by atoms with Crippen LogP contribution in [0.15, 0.2) is 72.8 Å². The molecule has 1 aliphatic carbocycles. The molecular formula is C29H29ClN2O3. The number of anilines is 1. The van der Waals surface area contributed by atoms with E-state index in [9.17, 15) is 14.4 Å². The first-order valence-electron chi connectivity index (χ1n) is 12.0. The smallest absolute Gasteiger partial charge is 0.251 e. The Balaban J connectivity index is 1.46. The van der Waals surface area contributed by atoms with Gasteiger partial charge in [0.15, 0.2) is 5.78 Å². The number of hydrogen-bond acceptors (Lipinski definition) is 3. The summed E-state index contributed by atoms with van der Waals surface area (Å²) in [6, 6.07) is 21.2. The molecule has 2 N–H and O–H groups in total. The first kappa shape index (κ1) is 24.7. The van der Waals surface area contributed by atoms with Crippen molar-refractivity contribution >= 4 is 34.9 Å². The molecule has 35 heavy (non-hydrogen) atoms. The van der Waals surface area contributed by atoms with Crippen LogP contribution in [0, 0.1) is 0 Å². The van der Waals surface area contributed by atoms with Crippen LogP contribution in [0.1, 0.15) is 76.8 Å². The molecule has 6 heteroatoms. The van der Waals surface area contributed by atoms with E-state index in [-0.39, 0.29) is 23.6 Å². The van der Waals surface area contributed by atoms with Crippen molar-refractivity contribution in [3.05, 3.63) is 100 Å². The molecule has 0 aliphatic heterocycles. The van der Waals surface area contributed by atoms with Crippen LogP contribution in [0.25, 0.3) is 0 Å². The summed E-state index contributed by atoms with van der Waals surface area (Å²) in [4.78, 5) is 38.6. The van der Waals surface area contributed by atoms with Crippen LogP contribution in [0.4, 0.5) is 5.69 Å². The summed E-state index contributed by atoms with van der Waals surface area (Å²) in [5, 5.41) is 6.29. The summed E-state index contributed by atoms with van der Waals surface area (Å²) in [5.74, 6) is -1.07. The third kappa shape index (κ3) is 6.17. The van der Waals surface area contributed by atoms with Gasteiger partial charge in [0.2, 0.25) is 5.91 Å². The number of rotatable bonds is 7. The van der Waals surface area contributed by atoms with E-state index >= 15 is 0 Å². The molecule has 5 nitrogen and oxygen atoms in total. The van der Waals surface area contributed by atoms with E-state index in [1.165, 1.54) is 6.42 Å². The SMILES string of the molecule is C[C@H](C(=O)Nc1cc(C(=O)NC2CCCCC2)ccc1Cl)c1cccc(C(=O)c2ccccc2)c1. The van der Waals surface area contributed by atoms with Gasteiger partial charge in [0.1, 0.15) is 0 Å².